The van der Waals surface area contributed by atoms with Crippen LogP contribution in [0, 0.1) is 5.41 Å². The topological polar surface area (TPSA) is 70.1 Å². The predicted octanol–water partition coefficient (Wildman–Crippen LogP) is 1.55. The summed E-state index contributed by atoms with van der Waals surface area (Å²) in [6.45, 7) is 2.21. The van der Waals surface area contributed by atoms with Gasteiger partial charge in [-0.15, -0.1) is 0 Å². The summed E-state index contributed by atoms with van der Waals surface area (Å²) >= 11 is 0. The van der Waals surface area contributed by atoms with Gasteiger partial charge < -0.3 is 19.6 Å². The van der Waals surface area contributed by atoms with Crippen molar-refractivity contribution in [1.82, 2.24) is 9.80 Å². The maximum atomic E-state index is 12.7. The first-order valence-corrected chi connectivity index (χ1v) is 9.51. The summed E-state index contributed by atoms with van der Waals surface area (Å²) in [4.78, 5) is 28.5. The molecular weight excluding hydrogens is 344 g/mol. The number of aliphatic hydroxyl groups is 1. The number of carbonyl (C=O) groups is 2. The standard InChI is InChI=1S/C21H28N2O4/c1-27-14-20(26)22-12-5-11-21(15-22)16-23(13-10-18(21)24)19(25)9-8-17-6-3-2-4-7-17/h2-4,6-9,18,24H,5,10-16H2,1H3/t18-,21+/m1/s1. The summed E-state index contributed by atoms with van der Waals surface area (Å²) in [7, 11) is 1.51. The smallest absolute Gasteiger partial charge is 0.248 e. The lowest BCUT2D eigenvalue weighted by Crippen LogP contribution is -2.60. The number of methoxy groups -OCH3 is 1. The molecule has 2 saturated heterocycles. The molecule has 0 radical (unpaired) electrons. The van der Waals surface area contributed by atoms with Crippen molar-refractivity contribution >= 4 is 17.9 Å². The molecule has 0 saturated carbocycles. The van der Waals surface area contributed by atoms with Crippen LogP contribution in [0.3, 0.4) is 0 Å². The van der Waals surface area contributed by atoms with Gasteiger partial charge in [-0.3, -0.25) is 9.59 Å². The maximum Gasteiger partial charge on any atom is 0.248 e. The molecule has 2 atom stereocenters. The lowest BCUT2D eigenvalue weighted by atomic mass is 9.71. The first-order chi connectivity index (χ1) is 13.0. The third-order valence-electron chi connectivity index (χ3n) is 5.64. The Labute approximate surface area is 160 Å². The highest BCUT2D eigenvalue weighted by molar-refractivity contribution is 5.91. The number of rotatable bonds is 4. The van der Waals surface area contributed by atoms with Gasteiger partial charge in [0.15, 0.2) is 0 Å². The summed E-state index contributed by atoms with van der Waals surface area (Å²) in [6.07, 6.45) is 5.09. The minimum atomic E-state index is -0.502. The van der Waals surface area contributed by atoms with Gasteiger partial charge in [0.2, 0.25) is 11.8 Å². The molecular formula is C21H28N2O4. The molecule has 2 heterocycles. The molecule has 27 heavy (non-hydrogen) atoms. The number of nitrogens with zero attached hydrogens (tertiary/aromatic N) is 2. The monoisotopic (exact) mass is 372 g/mol. The van der Waals surface area contributed by atoms with E-state index in [1.165, 1.54) is 7.11 Å². The SMILES string of the molecule is COCC(=O)N1CCC[C@@]2(CN(C(=O)C=Cc3ccccc3)CC[C@H]2O)C1. The Morgan fingerprint density at radius 3 is 2.70 bits per heavy atom. The number of aliphatic hydroxyl groups excluding tert-OH is 1. The highest BCUT2D eigenvalue weighted by Crippen LogP contribution is 2.39. The van der Waals surface area contributed by atoms with E-state index in [1.54, 1.807) is 15.9 Å². The van der Waals surface area contributed by atoms with Crippen LogP contribution in [-0.4, -0.2) is 72.7 Å². The molecule has 2 amide bonds. The fraction of sp³-hybridized carbons (Fsp3) is 0.524. The van der Waals surface area contributed by atoms with E-state index in [1.807, 2.05) is 36.4 Å². The zero-order valence-corrected chi connectivity index (χ0v) is 15.8. The van der Waals surface area contributed by atoms with E-state index >= 15 is 0 Å². The first-order valence-electron chi connectivity index (χ1n) is 9.51. The number of ether oxygens (including phenoxy) is 1. The zero-order valence-electron chi connectivity index (χ0n) is 15.8. The van der Waals surface area contributed by atoms with E-state index in [0.717, 1.165) is 18.4 Å². The van der Waals surface area contributed by atoms with Crippen LogP contribution in [0.4, 0.5) is 0 Å². The number of likely N-dealkylation sites (tertiary alicyclic amines) is 2. The molecule has 0 unspecified atom stereocenters. The van der Waals surface area contributed by atoms with Crippen LogP contribution < -0.4 is 0 Å². The van der Waals surface area contributed by atoms with Gasteiger partial charge in [-0.05, 0) is 30.9 Å². The zero-order chi connectivity index (χ0) is 19.3. The highest BCUT2D eigenvalue weighted by atomic mass is 16.5. The molecule has 6 heteroatoms. The van der Waals surface area contributed by atoms with Crippen molar-refractivity contribution in [2.75, 3.05) is 39.9 Å². The van der Waals surface area contributed by atoms with Crippen LogP contribution in [-0.2, 0) is 14.3 Å². The summed E-state index contributed by atoms with van der Waals surface area (Å²) in [5.74, 6) is -0.110. The highest BCUT2D eigenvalue weighted by Gasteiger charge is 2.47. The molecule has 1 aromatic carbocycles. The lowest BCUT2D eigenvalue weighted by Gasteiger charge is -2.50. The molecule has 3 rings (SSSR count). The Balaban J connectivity index is 1.69. The third kappa shape index (κ3) is 4.57. The molecule has 0 aromatic heterocycles. The second-order valence-electron chi connectivity index (χ2n) is 7.52. The van der Waals surface area contributed by atoms with Gasteiger partial charge in [0, 0.05) is 44.8 Å². The molecule has 2 aliphatic rings. The van der Waals surface area contributed by atoms with Crippen molar-refractivity contribution in [3.05, 3.63) is 42.0 Å². The molecule has 146 valence electrons. The van der Waals surface area contributed by atoms with E-state index in [2.05, 4.69) is 0 Å². The largest absolute Gasteiger partial charge is 0.392 e. The second-order valence-corrected chi connectivity index (χ2v) is 7.52. The Bertz CT molecular complexity index is 691. The number of benzene rings is 1. The van der Waals surface area contributed by atoms with Gasteiger partial charge >= 0.3 is 0 Å². The number of hydrogen-bond acceptors (Lipinski definition) is 4. The van der Waals surface area contributed by atoms with Crippen molar-refractivity contribution in [3.63, 3.8) is 0 Å². The summed E-state index contributed by atoms with van der Waals surface area (Å²) < 4.78 is 4.97. The van der Waals surface area contributed by atoms with Crippen molar-refractivity contribution in [1.29, 1.82) is 0 Å². The lowest BCUT2D eigenvalue weighted by molar-refractivity contribution is -0.148. The van der Waals surface area contributed by atoms with Crippen LogP contribution in [0.2, 0.25) is 0 Å². The van der Waals surface area contributed by atoms with Crippen LogP contribution >= 0.6 is 0 Å². The Morgan fingerprint density at radius 1 is 1.22 bits per heavy atom. The van der Waals surface area contributed by atoms with Crippen molar-refractivity contribution in [3.8, 4) is 0 Å². The average Bonchev–Trinajstić information content (AvgIpc) is 2.69. The Hall–Kier alpha value is -2.18. The number of piperidine rings is 2. The van der Waals surface area contributed by atoms with Crippen molar-refractivity contribution < 1.29 is 19.4 Å². The van der Waals surface area contributed by atoms with Crippen LogP contribution in [0.25, 0.3) is 6.08 Å². The number of amides is 2. The van der Waals surface area contributed by atoms with Crippen LogP contribution in [0.5, 0.6) is 0 Å². The number of hydrogen-bond donors (Lipinski definition) is 1. The minimum absolute atomic E-state index is 0.0502. The molecule has 6 nitrogen and oxygen atoms in total. The molecule has 2 fully saturated rings. The minimum Gasteiger partial charge on any atom is -0.392 e. The van der Waals surface area contributed by atoms with Gasteiger partial charge in [0.25, 0.3) is 0 Å². The normalized spacial score (nSPS) is 25.9. The quantitative estimate of drug-likeness (QED) is 0.814. The Morgan fingerprint density at radius 2 is 1.96 bits per heavy atom. The van der Waals surface area contributed by atoms with Gasteiger partial charge in [-0.1, -0.05) is 30.3 Å². The second kappa shape index (κ2) is 8.67. The fourth-order valence-electron chi connectivity index (χ4n) is 4.16. The molecule has 0 bridgehead atoms. The first kappa shape index (κ1) is 19.6. The predicted molar refractivity (Wildman–Crippen MR) is 103 cm³/mol. The van der Waals surface area contributed by atoms with Gasteiger partial charge in [-0.25, -0.2) is 0 Å². The van der Waals surface area contributed by atoms with Crippen LogP contribution in [0.1, 0.15) is 24.8 Å². The van der Waals surface area contributed by atoms with Gasteiger partial charge in [0.05, 0.1) is 6.10 Å². The molecule has 1 aromatic rings. The van der Waals surface area contributed by atoms with Crippen molar-refractivity contribution in [2.24, 2.45) is 5.41 Å². The van der Waals surface area contributed by atoms with E-state index in [4.69, 9.17) is 4.74 Å². The maximum absolute atomic E-state index is 12.7. The van der Waals surface area contributed by atoms with Gasteiger partial charge in [-0.2, -0.15) is 0 Å². The van der Waals surface area contributed by atoms with Crippen LogP contribution in [0.15, 0.2) is 36.4 Å². The third-order valence-corrected chi connectivity index (χ3v) is 5.64. The van der Waals surface area contributed by atoms with E-state index in [-0.39, 0.29) is 18.4 Å². The molecule has 0 aliphatic carbocycles. The molecule has 1 N–H and O–H groups in total. The van der Waals surface area contributed by atoms with Crippen molar-refractivity contribution in [2.45, 2.75) is 25.4 Å². The van der Waals surface area contributed by atoms with E-state index in [0.29, 0.717) is 32.6 Å². The average molecular weight is 372 g/mol. The Kier molecular flexibility index (Phi) is 6.29. The summed E-state index contributed by atoms with van der Waals surface area (Å²) in [5, 5.41) is 10.7. The molecule has 1 spiro atoms. The summed E-state index contributed by atoms with van der Waals surface area (Å²) in [5.41, 5.74) is 0.530. The van der Waals surface area contributed by atoms with E-state index < -0.39 is 11.5 Å². The summed E-state index contributed by atoms with van der Waals surface area (Å²) in [6, 6.07) is 9.71. The van der Waals surface area contributed by atoms with E-state index in [9.17, 15) is 14.7 Å². The van der Waals surface area contributed by atoms with Gasteiger partial charge in [0.1, 0.15) is 6.61 Å². The number of carbonyl (C=O) groups excluding carboxylic acids is 2. The molecule has 2 aliphatic heterocycles. The fourth-order valence-corrected chi connectivity index (χ4v) is 4.16.